The van der Waals surface area contributed by atoms with Crippen LogP contribution in [0.2, 0.25) is 0 Å². The van der Waals surface area contributed by atoms with Crippen molar-refractivity contribution in [1.82, 2.24) is 5.32 Å². The van der Waals surface area contributed by atoms with E-state index in [-0.39, 0.29) is 6.23 Å². The Kier molecular flexibility index (Phi) is 1.68. The molecule has 1 N–H and O–H groups in total. The molecule has 60 valence electrons. The van der Waals surface area contributed by atoms with E-state index in [1.54, 1.807) is 6.26 Å². The van der Waals surface area contributed by atoms with E-state index >= 15 is 0 Å². The molecule has 0 amide bonds. The lowest BCUT2D eigenvalue weighted by atomic mass is 10.3. The molecule has 0 radical (unpaired) electrons. The van der Waals surface area contributed by atoms with Crippen LogP contribution in [0.3, 0.4) is 0 Å². The highest BCUT2D eigenvalue weighted by atomic mass is 16.5. The Morgan fingerprint density at radius 1 is 1.64 bits per heavy atom. The summed E-state index contributed by atoms with van der Waals surface area (Å²) in [5.74, 6) is 0.856. The van der Waals surface area contributed by atoms with Crippen LogP contribution in [0.1, 0.15) is 18.9 Å². The molecule has 1 aromatic heterocycles. The van der Waals surface area contributed by atoms with Gasteiger partial charge in [0, 0.05) is 6.04 Å². The maximum atomic E-state index is 5.40. The molecule has 1 fully saturated rings. The number of furan rings is 1. The third kappa shape index (κ3) is 1.29. The predicted molar refractivity (Wildman–Crippen MR) is 40.0 cm³/mol. The van der Waals surface area contributed by atoms with Crippen molar-refractivity contribution in [2.24, 2.45) is 0 Å². The third-order valence-electron chi connectivity index (χ3n) is 1.75. The Morgan fingerprint density at radius 3 is 3.09 bits per heavy atom. The maximum Gasteiger partial charge on any atom is 0.167 e. The summed E-state index contributed by atoms with van der Waals surface area (Å²) >= 11 is 0. The van der Waals surface area contributed by atoms with Crippen LogP contribution in [0.15, 0.2) is 22.8 Å². The zero-order valence-electron chi connectivity index (χ0n) is 6.41. The van der Waals surface area contributed by atoms with Crippen molar-refractivity contribution in [3.8, 4) is 0 Å². The quantitative estimate of drug-likeness (QED) is 0.660. The smallest absolute Gasteiger partial charge is 0.167 e. The summed E-state index contributed by atoms with van der Waals surface area (Å²) in [6.45, 7) is 2.84. The van der Waals surface area contributed by atoms with Crippen LogP contribution in [0.25, 0.3) is 0 Å². The van der Waals surface area contributed by atoms with E-state index in [1.165, 1.54) is 0 Å². The first-order chi connectivity index (χ1) is 5.36. The van der Waals surface area contributed by atoms with Crippen molar-refractivity contribution in [1.29, 1.82) is 0 Å². The molecule has 2 unspecified atom stereocenters. The number of hydrogen-bond donors (Lipinski definition) is 1. The fourth-order valence-electron chi connectivity index (χ4n) is 1.20. The van der Waals surface area contributed by atoms with Gasteiger partial charge in [-0.3, -0.25) is 5.32 Å². The molecule has 3 heteroatoms. The standard InChI is InChI=1S/C8H11NO2/c1-6-5-11-8(9-6)7-3-2-4-10-7/h2-4,6,8-9H,5H2,1H3. The predicted octanol–water partition coefficient (Wildman–Crippen LogP) is 1.29. The van der Waals surface area contributed by atoms with Gasteiger partial charge in [-0.05, 0) is 19.1 Å². The van der Waals surface area contributed by atoms with Crippen LogP contribution in [0, 0.1) is 0 Å². The van der Waals surface area contributed by atoms with E-state index in [4.69, 9.17) is 9.15 Å². The van der Waals surface area contributed by atoms with Gasteiger partial charge in [0.2, 0.25) is 0 Å². The van der Waals surface area contributed by atoms with E-state index in [1.807, 2.05) is 12.1 Å². The van der Waals surface area contributed by atoms with Gasteiger partial charge in [-0.1, -0.05) is 0 Å². The summed E-state index contributed by atoms with van der Waals surface area (Å²) in [6.07, 6.45) is 1.61. The first-order valence-electron chi connectivity index (χ1n) is 3.77. The summed E-state index contributed by atoms with van der Waals surface area (Å²) < 4.78 is 10.6. The van der Waals surface area contributed by atoms with E-state index in [0.29, 0.717) is 6.04 Å². The minimum Gasteiger partial charge on any atom is -0.465 e. The van der Waals surface area contributed by atoms with Gasteiger partial charge in [0.25, 0.3) is 0 Å². The molecule has 2 heterocycles. The summed E-state index contributed by atoms with van der Waals surface area (Å²) in [5.41, 5.74) is 0. The zero-order chi connectivity index (χ0) is 7.68. The van der Waals surface area contributed by atoms with E-state index in [9.17, 15) is 0 Å². The summed E-state index contributed by atoms with van der Waals surface area (Å²) in [7, 11) is 0. The molecule has 0 aliphatic carbocycles. The van der Waals surface area contributed by atoms with Gasteiger partial charge in [-0.15, -0.1) is 0 Å². The monoisotopic (exact) mass is 153 g/mol. The number of ether oxygens (including phenoxy) is 1. The molecule has 11 heavy (non-hydrogen) atoms. The van der Waals surface area contributed by atoms with Crippen molar-refractivity contribution >= 4 is 0 Å². The highest BCUT2D eigenvalue weighted by molar-refractivity contribution is 5.03. The van der Waals surface area contributed by atoms with Crippen LogP contribution < -0.4 is 5.32 Å². The van der Waals surface area contributed by atoms with E-state index < -0.39 is 0 Å². The normalized spacial score (nSPS) is 31.0. The second-order valence-corrected chi connectivity index (χ2v) is 2.80. The van der Waals surface area contributed by atoms with Crippen LogP contribution in [-0.4, -0.2) is 12.6 Å². The molecule has 0 aromatic carbocycles. The van der Waals surface area contributed by atoms with Gasteiger partial charge in [-0.25, -0.2) is 0 Å². The maximum absolute atomic E-state index is 5.40. The molecule has 2 atom stereocenters. The summed E-state index contributed by atoms with van der Waals surface area (Å²) in [4.78, 5) is 0. The Morgan fingerprint density at radius 2 is 2.55 bits per heavy atom. The lowest BCUT2D eigenvalue weighted by Gasteiger charge is -2.05. The number of rotatable bonds is 1. The summed E-state index contributed by atoms with van der Waals surface area (Å²) in [5, 5.41) is 3.24. The van der Waals surface area contributed by atoms with Crippen molar-refractivity contribution in [2.75, 3.05) is 6.61 Å². The SMILES string of the molecule is CC1COC(c2ccco2)N1. The molecule has 0 spiro atoms. The number of hydrogen-bond acceptors (Lipinski definition) is 3. The largest absolute Gasteiger partial charge is 0.465 e. The minimum absolute atomic E-state index is 0.0417. The molecular formula is C8H11NO2. The van der Waals surface area contributed by atoms with Crippen LogP contribution in [0.4, 0.5) is 0 Å². The van der Waals surface area contributed by atoms with Gasteiger partial charge < -0.3 is 9.15 Å². The van der Waals surface area contributed by atoms with E-state index in [2.05, 4.69) is 12.2 Å². The Labute approximate surface area is 65.3 Å². The van der Waals surface area contributed by atoms with Gasteiger partial charge in [0.15, 0.2) is 6.23 Å². The lowest BCUT2D eigenvalue weighted by Crippen LogP contribution is -2.21. The molecule has 1 aromatic rings. The van der Waals surface area contributed by atoms with Crippen LogP contribution >= 0.6 is 0 Å². The molecule has 3 nitrogen and oxygen atoms in total. The molecule has 0 bridgehead atoms. The second kappa shape index (κ2) is 2.68. The highest BCUT2D eigenvalue weighted by Gasteiger charge is 2.23. The highest BCUT2D eigenvalue weighted by Crippen LogP contribution is 2.19. The fraction of sp³-hybridized carbons (Fsp3) is 0.500. The molecule has 0 saturated carbocycles. The van der Waals surface area contributed by atoms with Crippen LogP contribution in [-0.2, 0) is 4.74 Å². The van der Waals surface area contributed by atoms with Gasteiger partial charge in [-0.2, -0.15) is 0 Å². The van der Waals surface area contributed by atoms with Crippen molar-refractivity contribution in [2.45, 2.75) is 19.2 Å². The average molecular weight is 153 g/mol. The van der Waals surface area contributed by atoms with E-state index in [0.717, 1.165) is 12.4 Å². The Bertz CT molecular complexity index is 220. The molecule has 1 aliphatic heterocycles. The minimum atomic E-state index is -0.0417. The summed E-state index contributed by atoms with van der Waals surface area (Å²) in [6, 6.07) is 4.20. The number of nitrogens with one attached hydrogen (secondary N) is 1. The first-order valence-corrected chi connectivity index (χ1v) is 3.77. The lowest BCUT2D eigenvalue weighted by molar-refractivity contribution is 0.0826. The van der Waals surface area contributed by atoms with Gasteiger partial charge in [0.1, 0.15) is 5.76 Å². The third-order valence-corrected chi connectivity index (χ3v) is 1.75. The van der Waals surface area contributed by atoms with Crippen LogP contribution in [0.5, 0.6) is 0 Å². The van der Waals surface area contributed by atoms with Gasteiger partial charge >= 0.3 is 0 Å². The second-order valence-electron chi connectivity index (χ2n) is 2.80. The Balaban J connectivity index is 2.08. The van der Waals surface area contributed by atoms with Crippen molar-refractivity contribution < 1.29 is 9.15 Å². The molecule has 2 rings (SSSR count). The molecular weight excluding hydrogens is 142 g/mol. The topological polar surface area (TPSA) is 34.4 Å². The Hall–Kier alpha value is -0.800. The van der Waals surface area contributed by atoms with Crippen molar-refractivity contribution in [3.05, 3.63) is 24.2 Å². The first kappa shape index (κ1) is 6.88. The molecule has 1 aliphatic rings. The fourth-order valence-corrected chi connectivity index (χ4v) is 1.20. The zero-order valence-corrected chi connectivity index (χ0v) is 6.41. The molecule has 1 saturated heterocycles. The van der Waals surface area contributed by atoms with Gasteiger partial charge in [0.05, 0.1) is 12.9 Å². The average Bonchev–Trinajstić information content (AvgIpc) is 2.55. The van der Waals surface area contributed by atoms with Crippen molar-refractivity contribution in [3.63, 3.8) is 0 Å².